The molecule has 198 valence electrons. The predicted octanol–water partition coefficient (Wildman–Crippen LogP) is 5.24. The molecule has 0 aliphatic heterocycles. The van der Waals surface area contributed by atoms with Crippen molar-refractivity contribution in [3.05, 3.63) is 58.7 Å². The summed E-state index contributed by atoms with van der Waals surface area (Å²) in [5.74, 6) is -8.18. The molecule has 0 aliphatic carbocycles. The summed E-state index contributed by atoms with van der Waals surface area (Å²) in [6.07, 6.45) is -2.04. The lowest BCUT2D eigenvalue weighted by molar-refractivity contribution is -0.151. The molecule has 2 aromatic rings. The van der Waals surface area contributed by atoms with Crippen LogP contribution < -0.4 is 14.8 Å². The zero-order valence-corrected chi connectivity index (χ0v) is 21.0. The van der Waals surface area contributed by atoms with Gasteiger partial charge in [-0.3, -0.25) is 0 Å². The van der Waals surface area contributed by atoms with Crippen LogP contribution in [0.3, 0.4) is 0 Å². The molecule has 11 heteroatoms. The van der Waals surface area contributed by atoms with E-state index in [9.17, 15) is 27.2 Å². The van der Waals surface area contributed by atoms with E-state index < -0.39 is 70.5 Å². The van der Waals surface area contributed by atoms with Gasteiger partial charge in [0.25, 0.3) is 0 Å². The predicted molar refractivity (Wildman–Crippen MR) is 122 cm³/mol. The van der Waals surface area contributed by atoms with E-state index in [2.05, 4.69) is 5.32 Å². The second kappa shape index (κ2) is 11.5. The first-order chi connectivity index (χ1) is 16.7. The van der Waals surface area contributed by atoms with Crippen molar-refractivity contribution in [1.29, 1.82) is 0 Å². The minimum atomic E-state index is -1.32. The fourth-order valence-electron chi connectivity index (χ4n) is 3.57. The maximum absolute atomic E-state index is 14.6. The van der Waals surface area contributed by atoms with Gasteiger partial charge in [-0.05, 0) is 46.8 Å². The van der Waals surface area contributed by atoms with Crippen molar-refractivity contribution in [2.75, 3.05) is 14.2 Å². The molecule has 36 heavy (non-hydrogen) atoms. The van der Waals surface area contributed by atoms with Crippen LogP contribution in [0.5, 0.6) is 11.5 Å². The first-order valence-electron chi connectivity index (χ1n) is 11.0. The van der Waals surface area contributed by atoms with Crippen LogP contribution in [0.15, 0.2) is 24.3 Å². The highest BCUT2D eigenvalue weighted by atomic mass is 19.2. The molecule has 0 bridgehead atoms. The Morgan fingerprint density at radius 2 is 1.28 bits per heavy atom. The lowest BCUT2D eigenvalue weighted by atomic mass is 9.85. The van der Waals surface area contributed by atoms with Gasteiger partial charge in [-0.25, -0.2) is 18.4 Å². The van der Waals surface area contributed by atoms with E-state index in [1.807, 2.05) is 0 Å². The summed E-state index contributed by atoms with van der Waals surface area (Å²) in [5, 5.41) is 2.33. The van der Waals surface area contributed by atoms with Gasteiger partial charge in [0.1, 0.15) is 17.7 Å². The van der Waals surface area contributed by atoms with Crippen molar-refractivity contribution in [3.63, 3.8) is 0 Å². The van der Waals surface area contributed by atoms with Gasteiger partial charge in [-0.2, -0.15) is 8.78 Å². The largest absolute Gasteiger partial charge is 0.493 e. The Hall–Kier alpha value is -3.50. The van der Waals surface area contributed by atoms with E-state index in [0.29, 0.717) is 0 Å². The summed E-state index contributed by atoms with van der Waals surface area (Å²) in [5.41, 5.74) is -0.846. The van der Waals surface area contributed by atoms with Crippen LogP contribution in [-0.4, -0.2) is 44.0 Å². The number of halogens is 4. The number of hydrogen-bond donors (Lipinski definition) is 1. The van der Waals surface area contributed by atoms with Crippen molar-refractivity contribution >= 4 is 12.1 Å². The number of esters is 1. The summed E-state index contributed by atoms with van der Waals surface area (Å²) >= 11 is 0. The number of hydrogen-bond acceptors (Lipinski definition) is 6. The molecule has 0 radical (unpaired) electrons. The maximum atomic E-state index is 14.6. The first-order valence-corrected chi connectivity index (χ1v) is 11.0. The highest BCUT2D eigenvalue weighted by Gasteiger charge is 2.34. The Kier molecular flexibility index (Phi) is 9.17. The minimum absolute atomic E-state index is 0.0197. The number of nitrogens with one attached hydrogen (secondary N) is 1. The van der Waals surface area contributed by atoms with Gasteiger partial charge in [-0.1, -0.05) is 12.1 Å². The lowest BCUT2D eigenvalue weighted by Crippen LogP contribution is -2.43. The molecule has 0 spiro atoms. The van der Waals surface area contributed by atoms with Crippen LogP contribution in [-0.2, 0) is 14.3 Å². The number of carbonyl (C=O) groups is 2. The Labute approximate surface area is 206 Å². The standard InChI is InChI=1S/C25H29F4NO6/c1-12(30-24(32)36-25(3,4)5)23(31)35-13(2)18(14-8-10-16(26)19(28)21(14)33-6)15-9-11-17(27)20(29)22(15)34-7/h8-13,18H,1-7H3,(H,30,32)/t12-,13-/m0/s1. The van der Waals surface area contributed by atoms with Crippen LogP contribution in [0, 0.1) is 23.3 Å². The van der Waals surface area contributed by atoms with Crippen molar-refractivity contribution in [3.8, 4) is 11.5 Å². The van der Waals surface area contributed by atoms with E-state index in [1.165, 1.54) is 26.0 Å². The monoisotopic (exact) mass is 515 g/mol. The van der Waals surface area contributed by atoms with E-state index in [1.54, 1.807) is 20.8 Å². The second-order valence-corrected chi connectivity index (χ2v) is 8.96. The SMILES string of the molecule is COc1c(C(c2ccc(F)c(F)c2OC)[C@H](C)OC(=O)[C@H](C)NC(=O)OC(C)(C)C)ccc(F)c1F. The van der Waals surface area contributed by atoms with Gasteiger partial charge in [-0.15, -0.1) is 0 Å². The zero-order chi connectivity index (χ0) is 27.4. The molecular formula is C25H29F4NO6. The molecule has 0 saturated heterocycles. The summed E-state index contributed by atoms with van der Waals surface area (Å²) in [7, 11) is 2.20. The van der Waals surface area contributed by atoms with Crippen LogP contribution in [0.25, 0.3) is 0 Å². The van der Waals surface area contributed by atoms with Crippen molar-refractivity contribution in [1.82, 2.24) is 5.32 Å². The van der Waals surface area contributed by atoms with Crippen molar-refractivity contribution in [2.45, 2.75) is 58.3 Å². The first kappa shape index (κ1) is 28.7. The third-order valence-electron chi connectivity index (χ3n) is 5.10. The van der Waals surface area contributed by atoms with Gasteiger partial charge in [0, 0.05) is 11.1 Å². The molecule has 0 aliphatic rings. The Morgan fingerprint density at radius 1 is 0.833 bits per heavy atom. The molecule has 1 N–H and O–H groups in total. The van der Waals surface area contributed by atoms with Gasteiger partial charge in [0.05, 0.1) is 20.1 Å². The molecule has 2 aromatic carbocycles. The summed E-state index contributed by atoms with van der Waals surface area (Å²) in [4.78, 5) is 24.8. The maximum Gasteiger partial charge on any atom is 0.408 e. The van der Waals surface area contributed by atoms with E-state index in [-0.39, 0.29) is 11.1 Å². The molecule has 0 fully saturated rings. The summed E-state index contributed by atoms with van der Waals surface area (Å²) < 4.78 is 77.6. The van der Waals surface area contributed by atoms with Gasteiger partial charge in [0.2, 0.25) is 11.6 Å². The van der Waals surface area contributed by atoms with Crippen molar-refractivity contribution in [2.24, 2.45) is 0 Å². The van der Waals surface area contributed by atoms with Gasteiger partial charge in [0.15, 0.2) is 23.1 Å². The lowest BCUT2D eigenvalue weighted by Gasteiger charge is -2.29. The molecular weight excluding hydrogens is 486 g/mol. The number of carbonyl (C=O) groups excluding carboxylic acids is 2. The highest BCUT2D eigenvalue weighted by molar-refractivity contribution is 5.81. The molecule has 1 amide bonds. The fourth-order valence-corrected chi connectivity index (χ4v) is 3.57. The van der Waals surface area contributed by atoms with Crippen LogP contribution in [0.4, 0.5) is 22.4 Å². The third-order valence-corrected chi connectivity index (χ3v) is 5.10. The molecule has 0 unspecified atom stereocenters. The molecule has 2 atom stereocenters. The minimum Gasteiger partial charge on any atom is -0.493 e. The van der Waals surface area contributed by atoms with E-state index >= 15 is 0 Å². The Bertz CT molecular complexity index is 1060. The van der Waals surface area contributed by atoms with E-state index in [4.69, 9.17) is 18.9 Å². The van der Waals surface area contributed by atoms with Gasteiger partial charge < -0.3 is 24.3 Å². The number of ether oxygens (including phenoxy) is 4. The molecule has 7 nitrogen and oxygen atoms in total. The molecule has 0 heterocycles. The normalized spacial score (nSPS) is 13.1. The average Bonchev–Trinajstić information content (AvgIpc) is 2.77. The number of amides is 1. The number of benzene rings is 2. The topological polar surface area (TPSA) is 83.1 Å². The van der Waals surface area contributed by atoms with Crippen LogP contribution in [0.2, 0.25) is 0 Å². The third kappa shape index (κ3) is 6.58. The van der Waals surface area contributed by atoms with Crippen LogP contribution >= 0.6 is 0 Å². The number of alkyl carbamates (subject to hydrolysis) is 1. The zero-order valence-electron chi connectivity index (χ0n) is 21.0. The fraction of sp³-hybridized carbons (Fsp3) is 0.440. The second-order valence-electron chi connectivity index (χ2n) is 8.96. The Balaban J connectivity index is 2.50. The quantitative estimate of drug-likeness (QED) is 0.383. The summed E-state index contributed by atoms with van der Waals surface area (Å²) in [6, 6.07) is 2.84. The highest BCUT2D eigenvalue weighted by Crippen LogP contribution is 2.42. The van der Waals surface area contributed by atoms with Crippen molar-refractivity contribution < 1.29 is 46.1 Å². The van der Waals surface area contributed by atoms with Crippen LogP contribution in [0.1, 0.15) is 51.7 Å². The molecule has 0 aromatic heterocycles. The smallest absolute Gasteiger partial charge is 0.408 e. The number of rotatable bonds is 8. The number of methoxy groups -OCH3 is 2. The average molecular weight is 516 g/mol. The van der Waals surface area contributed by atoms with E-state index in [0.717, 1.165) is 26.4 Å². The molecule has 0 saturated carbocycles. The summed E-state index contributed by atoms with van der Waals surface area (Å²) in [6.45, 7) is 7.69. The Morgan fingerprint density at radius 3 is 1.67 bits per heavy atom. The van der Waals surface area contributed by atoms with Gasteiger partial charge >= 0.3 is 12.1 Å². The molecule has 2 rings (SSSR count).